The van der Waals surface area contributed by atoms with Gasteiger partial charge in [-0.2, -0.15) is 0 Å². The monoisotopic (exact) mass is 203 g/mol. The molecule has 1 aromatic rings. The highest BCUT2D eigenvalue weighted by molar-refractivity contribution is 5.34. The maximum Gasteiger partial charge on any atom is 0.0328 e. The Bertz CT molecular complexity index is 319. The Labute approximate surface area is 92.9 Å². The minimum atomic E-state index is 0.600. The molecule has 0 amide bonds. The molecule has 0 radical (unpaired) electrons. The van der Waals surface area contributed by atoms with Crippen molar-refractivity contribution in [3.63, 3.8) is 0 Å². The molecule has 2 atom stereocenters. The molecule has 0 heterocycles. The van der Waals surface area contributed by atoms with Crippen molar-refractivity contribution in [1.29, 1.82) is 0 Å². The molecular weight excluding hydrogens is 182 g/mol. The van der Waals surface area contributed by atoms with Gasteiger partial charge >= 0.3 is 0 Å². The van der Waals surface area contributed by atoms with E-state index < -0.39 is 0 Å². The fourth-order valence-corrected chi connectivity index (χ4v) is 2.59. The van der Waals surface area contributed by atoms with E-state index in [4.69, 9.17) is 0 Å². The zero-order valence-corrected chi connectivity index (χ0v) is 9.79. The average molecular weight is 203 g/mol. The first-order valence-electron chi connectivity index (χ1n) is 6.15. The van der Waals surface area contributed by atoms with Crippen LogP contribution in [0, 0.1) is 0 Å². The van der Waals surface area contributed by atoms with Crippen LogP contribution in [0.15, 0.2) is 24.3 Å². The number of fused-ring (bicyclic) bond motifs is 1. The SMILES string of the molecule is CCCC(C)NC1CCc2ccccc21. The van der Waals surface area contributed by atoms with Crippen molar-refractivity contribution < 1.29 is 0 Å². The van der Waals surface area contributed by atoms with Crippen molar-refractivity contribution in [3.05, 3.63) is 35.4 Å². The third kappa shape index (κ3) is 2.40. The molecule has 1 heteroatoms. The highest BCUT2D eigenvalue weighted by Gasteiger charge is 2.22. The summed E-state index contributed by atoms with van der Waals surface area (Å²) in [7, 11) is 0. The van der Waals surface area contributed by atoms with Gasteiger partial charge in [-0.25, -0.2) is 0 Å². The van der Waals surface area contributed by atoms with Crippen LogP contribution in [-0.2, 0) is 6.42 Å². The molecule has 15 heavy (non-hydrogen) atoms. The summed E-state index contributed by atoms with van der Waals surface area (Å²) in [5.41, 5.74) is 3.07. The second-order valence-corrected chi connectivity index (χ2v) is 4.65. The molecule has 1 nitrogen and oxygen atoms in total. The molecule has 82 valence electrons. The maximum atomic E-state index is 3.74. The summed E-state index contributed by atoms with van der Waals surface area (Å²) in [6.45, 7) is 4.55. The van der Waals surface area contributed by atoms with Crippen LogP contribution >= 0.6 is 0 Å². The molecular formula is C14H21N. The first-order valence-corrected chi connectivity index (χ1v) is 6.15. The van der Waals surface area contributed by atoms with Crippen LogP contribution in [0.4, 0.5) is 0 Å². The van der Waals surface area contributed by atoms with Crippen molar-refractivity contribution in [2.45, 2.75) is 51.6 Å². The lowest BCUT2D eigenvalue weighted by Gasteiger charge is -2.19. The minimum absolute atomic E-state index is 0.600. The number of hydrogen-bond acceptors (Lipinski definition) is 1. The van der Waals surface area contributed by atoms with Gasteiger partial charge in [-0.3, -0.25) is 0 Å². The Hall–Kier alpha value is -0.820. The molecule has 1 aromatic carbocycles. The van der Waals surface area contributed by atoms with Crippen LogP contribution in [-0.4, -0.2) is 6.04 Å². The number of benzene rings is 1. The minimum Gasteiger partial charge on any atom is -0.307 e. The van der Waals surface area contributed by atoms with E-state index in [1.165, 1.54) is 31.2 Å². The molecule has 1 aliphatic rings. The zero-order chi connectivity index (χ0) is 10.7. The van der Waals surface area contributed by atoms with Gasteiger partial charge in [0.2, 0.25) is 0 Å². The van der Waals surface area contributed by atoms with Crippen LogP contribution in [0.1, 0.15) is 50.3 Å². The van der Waals surface area contributed by atoms with Crippen molar-refractivity contribution in [3.8, 4) is 0 Å². The van der Waals surface area contributed by atoms with Gasteiger partial charge in [-0.05, 0) is 37.3 Å². The van der Waals surface area contributed by atoms with Crippen molar-refractivity contribution in [2.24, 2.45) is 0 Å². The van der Waals surface area contributed by atoms with E-state index >= 15 is 0 Å². The second-order valence-electron chi connectivity index (χ2n) is 4.65. The normalized spacial score (nSPS) is 21.3. The van der Waals surface area contributed by atoms with Crippen LogP contribution < -0.4 is 5.32 Å². The third-order valence-corrected chi connectivity index (χ3v) is 3.34. The van der Waals surface area contributed by atoms with Gasteiger partial charge in [0.25, 0.3) is 0 Å². The molecule has 0 aromatic heterocycles. The number of rotatable bonds is 4. The van der Waals surface area contributed by atoms with E-state index in [0.29, 0.717) is 12.1 Å². The lowest BCUT2D eigenvalue weighted by atomic mass is 10.1. The number of hydrogen-bond donors (Lipinski definition) is 1. The summed E-state index contributed by atoms with van der Waals surface area (Å²) in [4.78, 5) is 0. The lowest BCUT2D eigenvalue weighted by Crippen LogP contribution is -2.29. The van der Waals surface area contributed by atoms with Crippen LogP contribution in [0.5, 0.6) is 0 Å². The van der Waals surface area contributed by atoms with E-state index in [0.717, 1.165) is 0 Å². The van der Waals surface area contributed by atoms with E-state index in [2.05, 4.69) is 43.4 Å². The largest absolute Gasteiger partial charge is 0.307 e. The molecule has 2 rings (SSSR count). The van der Waals surface area contributed by atoms with Gasteiger partial charge < -0.3 is 5.32 Å². The molecule has 2 unspecified atom stereocenters. The lowest BCUT2D eigenvalue weighted by molar-refractivity contribution is 0.431. The average Bonchev–Trinajstić information content (AvgIpc) is 2.62. The highest BCUT2D eigenvalue weighted by atomic mass is 14.9. The molecule has 1 aliphatic carbocycles. The van der Waals surface area contributed by atoms with Gasteiger partial charge in [-0.15, -0.1) is 0 Å². The van der Waals surface area contributed by atoms with E-state index in [1.54, 1.807) is 5.56 Å². The molecule has 0 saturated heterocycles. The van der Waals surface area contributed by atoms with Gasteiger partial charge in [0, 0.05) is 12.1 Å². The van der Waals surface area contributed by atoms with Crippen molar-refractivity contribution in [2.75, 3.05) is 0 Å². The third-order valence-electron chi connectivity index (χ3n) is 3.34. The van der Waals surface area contributed by atoms with Gasteiger partial charge in [0.1, 0.15) is 0 Å². The Morgan fingerprint density at radius 3 is 3.00 bits per heavy atom. The topological polar surface area (TPSA) is 12.0 Å². The predicted octanol–water partition coefficient (Wildman–Crippen LogP) is 3.45. The summed E-state index contributed by atoms with van der Waals surface area (Å²) < 4.78 is 0. The standard InChI is InChI=1S/C14H21N/c1-3-6-11(2)15-14-10-9-12-7-4-5-8-13(12)14/h4-5,7-8,11,14-15H,3,6,9-10H2,1-2H3. The van der Waals surface area contributed by atoms with E-state index in [9.17, 15) is 0 Å². The smallest absolute Gasteiger partial charge is 0.0328 e. The molecule has 0 aliphatic heterocycles. The van der Waals surface area contributed by atoms with Crippen LogP contribution in [0.2, 0.25) is 0 Å². The molecule has 0 fully saturated rings. The Morgan fingerprint density at radius 2 is 2.20 bits per heavy atom. The van der Waals surface area contributed by atoms with Crippen LogP contribution in [0.25, 0.3) is 0 Å². The summed E-state index contributed by atoms with van der Waals surface area (Å²) in [5.74, 6) is 0. The second kappa shape index (κ2) is 4.80. The van der Waals surface area contributed by atoms with Gasteiger partial charge in [0.15, 0.2) is 0 Å². The first-order chi connectivity index (χ1) is 7.31. The molecule has 0 spiro atoms. The fraction of sp³-hybridized carbons (Fsp3) is 0.571. The predicted molar refractivity (Wildman–Crippen MR) is 65.0 cm³/mol. The Balaban J connectivity index is 2.01. The van der Waals surface area contributed by atoms with Gasteiger partial charge in [0.05, 0.1) is 0 Å². The van der Waals surface area contributed by atoms with Crippen molar-refractivity contribution in [1.82, 2.24) is 5.32 Å². The fourth-order valence-electron chi connectivity index (χ4n) is 2.59. The summed E-state index contributed by atoms with van der Waals surface area (Å²) in [6.07, 6.45) is 5.06. The molecule has 0 saturated carbocycles. The Morgan fingerprint density at radius 1 is 1.40 bits per heavy atom. The summed E-state index contributed by atoms with van der Waals surface area (Å²) >= 11 is 0. The number of nitrogens with one attached hydrogen (secondary N) is 1. The highest BCUT2D eigenvalue weighted by Crippen LogP contribution is 2.31. The van der Waals surface area contributed by atoms with E-state index in [1.807, 2.05) is 0 Å². The number of aryl methyl sites for hydroxylation is 1. The Kier molecular flexibility index (Phi) is 3.42. The quantitative estimate of drug-likeness (QED) is 0.790. The maximum absolute atomic E-state index is 3.74. The van der Waals surface area contributed by atoms with Gasteiger partial charge in [-0.1, -0.05) is 37.6 Å². The summed E-state index contributed by atoms with van der Waals surface area (Å²) in [5, 5.41) is 3.74. The zero-order valence-electron chi connectivity index (χ0n) is 9.79. The molecule has 0 bridgehead atoms. The summed E-state index contributed by atoms with van der Waals surface area (Å²) in [6, 6.07) is 10.1. The molecule has 1 N–H and O–H groups in total. The van der Waals surface area contributed by atoms with E-state index in [-0.39, 0.29) is 0 Å². The first kappa shape index (κ1) is 10.7. The van der Waals surface area contributed by atoms with Crippen molar-refractivity contribution >= 4 is 0 Å². The van der Waals surface area contributed by atoms with Crippen LogP contribution in [0.3, 0.4) is 0 Å².